The standard InChI is InChI=1S/C15H16F2N2O2/c1-8-3-13(17)14(4-12(8)16)19-6-11-10(7-20)5-18-9(2)15(11)21/h3-5,19-21H,6-7H2,1-2H3. The lowest BCUT2D eigenvalue weighted by Gasteiger charge is -2.14. The third-order valence-electron chi connectivity index (χ3n) is 3.30. The predicted octanol–water partition coefficient (Wildman–Crippen LogP) is 2.79. The minimum atomic E-state index is -0.579. The number of nitrogens with zero attached hydrogens (tertiary/aromatic N) is 1. The van der Waals surface area contributed by atoms with E-state index in [1.807, 2.05) is 0 Å². The number of aromatic hydroxyl groups is 1. The molecule has 0 aliphatic heterocycles. The second-order valence-electron chi connectivity index (χ2n) is 4.79. The van der Waals surface area contributed by atoms with Crippen molar-refractivity contribution in [1.29, 1.82) is 0 Å². The summed E-state index contributed by atoms with van der Waals surface area (Å²) >= 11 is 0. The SMILES string of the molecule is Cc1cc(F)c(NCc2c(CO)cnc(C)c2O)cc1F. The number of pyridine rings is 1. The largest absolute Gasteiger partial charge is 0.506 e. The number of hydrogen-bond donors (Lipinski definition) is 3. The van der Waals surface area contributed by atoms with Crippen molar-refractivity contribution in [3.63, 3.8) is 0 Å². The summed E-state index contributed by atoms with van der Waals surface area (Å²) in [7, 11) is 0. The quantitative estimate of drug-likeness (QED) is 0.811. The summed E-state index contributed by atoms with van der Waals surface area (Å²) in [6.45, 7) is 2.84. The minimum absolute atomic E-state index is 0.00384. The molecule has 0 aliphatic carbocycles. The molecule has 1 heterocycles. The van der Waals surface area contributed by atoms with Crippen LogP contribution in [-0.2, 0) is 13.2 Å². The zero-order valence-electron chi connectivity index (χ0n) is 11.7. The van der Waals surface area contributed by atoms with Gasteiger partial charge in [0.05, 0.1) is 18.0 Å². The fourth-order valence-corrected chi connectivity index (χ4v) is 1.98. The molecule has 0 saturated heterocycles. The topological polar surface area (TPSA) is 65.4 Å². The van der Waals surface area contributed by atoms with Crippen LogP contribution in [0.3, 0.4) is 0 Å². The van der Waals surface area contributed by atoms with Crippen molar-refractivity contribution in [2.75, 3.05) is 5.32 Å². The Bertz CT molecular complexity index is 675. The number of aliphatic hydroxyl groups is 1. The highest BCUT2D eigenvalue weighted by Gasteiger charge is 2.13. The van der Waals surface area contributed by atoms with Gasteiger partial charge >= 0.3 is 0 Å². The average Bonchev–Trinajstić information content (AvgIpc) is 2.45. The molecule has 0 spiro atoms. The summed E-state index contributed by atoms with van der Waals surface area (Å²) in [5, 5.41) is 22.0. The Morgan fingerprint density at radius 2 is 1.90 bits per heavy atom. The first kappa shape index (κ1) is 15.2. The summed E-state index contributed by atoms with van der Waals surface area (Å²) in [5.41, 5.74) is 1.45. The molecule has 0 atom stereocenters. The first-order valence-electron chi connectivity index (χ1n) is 6.40. The molecule has 0 fully saturated rings. The number of halogens is 2. The van der Waals surface area contributed by atoms with E-state index in [2.05, 4.69) is 10.3 Å². The van der Waals surface area contributed by atoms with Gasteiger partial charge in [0.25, 0.3) is 0 Å². The Balaban J connectivity index is 2.28. The van der Waals surface area contributed by atoms with Crippen molar-refractivity contribution >= 4 is 5.69 Å². The van der Waals surface area contributed by atoms with Gasteiger partial charge in [-0.25, -0.2) is 8.78 Å². The molecule has 0 saturated carbocycles. The minimum Gasteiger partial charge on any atom is -0.506 e. The number of rotatable bonds is 4. The third kappa shape index (κ3) is 3.11. The van der Waals surface area contributed by atoms with Gasteiger partial charge in [-0.1, -0.05) is 0 Å². The van der Waals surface area contributed by atoms with Gasteiger partial charge in [0.1, 0.15) is 17.4 Å². The van der Waals surface area contributed by atoms with E-state index in [-0.39, 0.29) is 30.2 Å². The maximum atomic E-state index is 13.7. The smallest absolute Gasteiger partial charge is 0.146 e. The number of nitrogens with one attached hydrogen (secondary N) is 1. The molecule has 4 nitrogen and oxygen atoms in total. The zero-order valence-corrected chi connectivity index (χ0v) is 11.7. The maximum Gasteiger partial charge on any atom is 0.146 e. The Morgan fingerprint density at radius 3 is 2.57 bits per heavy atom. The molecule has 0 amide bonds. The number of benzene rings is 1. The fraction of sp³-hybridized carbons (Fsp3) is 0.267. The molecule has 2 aromatic rings. The van der Waals surface area contributed by atoms with Crippen molar-refractivity contribution in [1.82, 2.24) is 4.98 Å². The Kier molecular flexibility index (Phi) is 4.37. The van der Waals surface area contributed by atoms with Crippen LogP contribution in [0.25, 0.3) is 0 Å². The van der Waals surface area contributed by atoms with Crippen LogP contribution >= 0.6 is 0 Å². The second-order valence-corrected chi connectivity index (χ2v) is 4.79. The molecule has 0 aliphatic rings. The van der Waals surface area contributed by atoms with Gasteiger partial charge in [-0.2, -0.15) is 0 Å². The maximum absolute atomic E-state index is 13.7. The van der Waals surface area contributed by atoms with Crippen molar-refractivity contribution in [2.24, 2.45) is 0 Å². The molecule has 0 radical (unpaired) electrons. The van der Waals surface area contributed by atoms with Crippen molar-refractivity contribution < 1.29 is 19.0 Å². The van der Waals surface area contributed by atoms with E-state index < -0.39 is 11.6 Å². The van der Waals surface area contributed by atoms with Crippen LogP contribution in [0.4, 0.5) is 14.5 Å². The van der Waals surface area contributed by atoms with Gasteiger partial charge in [-0.05, 0) is 25.5 Å². The molecule has 0 unspecified atom stereocenters. The van der Waals surface area contributed by atoms with Gasteiger partial charge < -0.3 is 15.5 Å². The highest BCUT2D eigenvalue weighted by atomic mass is 19.1. The van der Waals surface area contributed by atoms with Gasteiger partial charge in [0.15, 0.2) is 0 Å². The van der Waals surface area contributed by atoms with Crippen LogP contribution in [0.15, 0.2) is 18.3 Å². The van der Waals surface area contributed by atoms with E-state index in [1.54, 1.807) is 6.92 Å². The number of aliphatic hydroxyl groups excluding tert-OH is 1. The number of hydrogen-bond acceptors (Lipinski definition) is 4. The molecule has 1 aromatic heterocycles. The van der Waals surface area contributed by atoms with Crippen molar-refractivity contribution in [3.8, 4) is 5.75 Å². The lowest BCUT2D eigenvalue weighted by Crippen LogP contribution is -2.07. The Labute approximate surface area is 121 Å². The molecule has 3 N–H and O–H groups in total. The van der Waals surface area contributed by atoms with E-state index in [4.69, 9.17) is 0 Å². The van der Waals surface area contributed by atoms with Crippen molar-refractivity contribution in [3.05, 3.63) is 52.3 Å². The van der Waals surface area contributed by atoms with Gasteiger partial charge in [-0.15, -0.1) is 0 Å². The van der Waals surface area contributed by atoms with Crippen LogP contribution < -0.4 is 5.32 Å². The number of aryl methyl sites for hydroxylation is 2. The lowest BCUT2D eigenvalue weighted by molar-refractivity contribution is 0.279. The predicted molar refractivity (Wildman–Crippen MR) is 75.0 cm³/mol. The third-order valence-corrected chi connectivity index (χ3v) is 3.30. The van der Waals surface area contributed by atoms with Gasteiger partial charge in [0, 0.05) is 29.9 Å². The highest BCUT2D eigenvalue weighted by Crippen LogP contribution is 2.26. The van der Waals surface area contributed by atoms with E-state index in [0.29, 0.717) is 16.8 Å². The first-order valence-corrected chi connectivity index (χ1v) is 6.40. The van der Waals surface area contributed by atoms with Crippen molar-refractivity contribution in [2.45, 2.75) is 27.0 Å². The molecule has 0 bridgehead atoms. The van der Waals surface area contributed by atoms with Gasteiger partial charge in [-0.3, -0.25) is 4.98 Å². The summed E-state index contributed by atoms with van der Waals surface area (Å²) < 4.78 is 27.2. The lowest BCUT2D eigenvalue weighted by atomic mass is 10.1. The van der Waals surface area contributed by atoms with E-state index in [0.717, 1.165) is 12.1 Å². The summed E-state index contributed by atoms with van der Waals surface area (Å²) in [6, 6.07) is 2.16. The fourth-order valence-electron chi connectivity index (χ4n) is 1.98. The van der Waals surface area contributed by atoms with Gasteiger partial charge in [0.2, 0.25) is 0 Å². The van der Waals surface area contributed by atoms with Crippen LogP contribution in [0.1, 0.15) is 22.4 Å². The molecule has 6 heteroatoms. The first-order chi connectivity index (χ1) is 9.93. The van der Waals surface area contributed by atoms with Crippen LogP contribution in [-0.4, -0.2) is 15.2 Å². The Hall–Kier alpha value is -2.21. The summed E-state index contributed by atoms with van der Waals surface area (Å²) in [6.07, 6.45) is 1.44. The molecule has 1 aromatic carbocycles. The van der Waals surface area contributed by atoms with E-state index in [9.17, 15) is 19.0 Å². The van der Waals surface area contributed by atoms with Crippen LogP contribution in [0.5, 0.6) is 5.75 Å². The Morgan fingerprint density at radius 1 is 1.19 bits per heavy atom. The monoisotopic (exact) mass is 294 g/mol. The van der Waals surface area contributed by atoms with Crippen LogP contribution in [0, 0.1) is 25.5 Å². The molecule has 112 valence electrons. The molecular weight excluding hydrogens is 278 g/mol. The summed E-state index contributed by atoms with van der Waals surface area (Å²) in [4.78, 5) is 3.94. The molecule has 21 heavy (non-hydrogen) atoms. The number of anilines is 1. The molecular formula is C15H16F2N2O2. The average molecular weight is 294 g/mol. The summed E-state index contributed by atoms with van der Waals surface area (Å²) in [5.74, 6) is -1.16. The van der Waals surface area contributed by atoms with Crippen LogP contribution in [0.2, 0.25) is 0 Å². The van der Waals surface area contributed by atoms with E-state index in [1.165, 1.54) is 13.1 Å². The molecule has 2 rings (SSSR count). The second kappa shape index (κ2) is 6.05. The normalized spacial score (nSPS) is 10.7. The zero-order chi connectivity index (χ0) is 15.6. The highest BCUT2D eigenvalue weighted by molar-refractivity contribution is 5.49. The van der Waals surface area contributed by atoms with E-state index >= 15 is 0 Å². The number of aromatic nitrogens is 1.